The van der Waals surface area contributed by atoms with E-state index in [0.29, 0.717) is 5.57 Å². The van der Waals surface area contributed by atoms with Crippen LogP contribution in [0, 0.1) is 0 Å². The van der Waals surface area contributed by atoms with Gasteiger partial charge in [-0.05, 0) is 23.8 Å². The molecule has 1 aromatic carbocycles. The molecule has 0 spiro atoms. The van der Waals surface area contributed by atoms with Crippen LogP contribution in [-0.4, -0.2) is 25.7 Å². The number of anilines is 1. The van der Waals surface area contributed by atoms with Crippen LogP contribution in [-0.2, 0) is 9.59 Å². The van der Waals surface area contributed by atoms with Crippen LogP contribution in [0.15, 0.2) is 41.4 Å². The lowest BCUT2D eigenvalue weighted by atomic mass is 9.96. The molecular formula is C14H12ClNO2. The maximum absolute atomic E-state index is 11.8. The van der Waals surface area contributed by atoms with Gasteiger partial charge >= 0.3 is 0 Å². The zero-order chi connectivity index (χ0) is 13.3. The Morgan fingerprint density at radius 2 is 1.56 bits per heavy atom. The zero-order valence-corrected chi connectivity index (χ0v) is 10.9. The zero-order valence-electron chi connectivity index (χ0n) is 10.1. The third-order valence-electron chi connectivity index (χ3n) is 2.73. The molecule has 0 fully saturated rings. The van der Waals surface area contributed by atoms with Crippen molar-refractivity contribution >= 4 is 34.4 Å². The summed E-state index contributed by atoms with van der Waals surface area (Å²) in [6.07, 6.45) is 2.45. The van der Waals surface area contributed by atoms with Crippen molar-refractivity contribution in [1.82, 2.24) is 0 Å². The minimum Gasteiger partial charge on any atom is -0.378 e. The maximum Gasteiger partial charge on any atom is 0.198 e. The second-order valence-electron chi connectivity index (χ2n) is 4.22. The maximum atomic E-state index is 11.8. The molecule has 3 nitrogen and oxygen atoms in total. The molecule has 1 aliphatic carbocycles. The van der Waals surface area contributed by atoms with Crippen molar-refractivity contribution in [2.24, 2.45) is 0 Å². The molecule has 0 radical (unpaired) electrons. The molecule has 0 aromatic heterocycles. The summed E-state index contributed by atoms with van der Waals surface area (Å²) in [4.78, 5) is 25.2. The first-order valence-electron chi connectivity index (χ1n) is 5.44. The van der Waals surface area contributed by atoms with Crippen LogP contribution in [0.4, 0.5) is 5.69 Å². The van der Waals surface area contributed by atoms with E-state index in [2.05, 4.69) is 0 Å². The van der Waals surface area contributed by atoms with Crippen molar-refractivity contribution in [3.8, 4) is 0 Å². The number of carbonyl (C=O) groups is 2. The molecule has 0 aliphatic heterocycles. The molecule has 0 N–H and O–H groups in total. The van der Waals surface area contributed by atoms with Gasteiger partial charge in [0, 0.05) is 31.4 Å². The SMILES string of the molecule is CN(C)c1ccc(C2=CC(=O)C(Cl)=CC2=O)cc1. The first kappa shape index (κ1) is 12.6. The Hall–Kier alpha value is -1.87. The van der Waals surface area contributed by atoms with Crippen molar-refractivity contribution in [1.29, 1.82) is 0 Å². The molecule has 1 aliphatic rings. The summed E-state index contributed by atoms with van der Waals surface area (Å²) in [6, 6.07) is 7.43. The monoisotopic (exact) mass is 261 g/mol. The van der Waals surface area contributed by atoms with Gasteiger partial charge in [-0.2, -0.15) is 0 Å². The van der Waals surface area contributed by atoms with Gasteiger partial charge in [0.1, 0.15) is 0 Å². The molecule has 0 saturated carbocycles. The van der Waals surface area contributed by atoms with Crippen molar-refractivity contribution in [2.75, 3.05) is 19.0 Å². The Morgan fingerprint density at radius 3 is 2.11 bits per heavy atom. The predicted molar refractivity (Wildman–Crippen MR) is 72.7 cm³/mol. The number of hydrogen-bond donors (Lipinski definition) is 0. The van der Waals surface area contributed by atoms with E-state index in [1.807, 2.05) is 43.3 Å². The summed E-state index contributed by atoms with van der Waals surface area (Å²) in [7, 11) is 3.87. The van der Waals surface area contributed by atoms with Crippen LogP contribution in [0.1, 0.15) is 5.56 Å². The third-order valence-corrected chi connectivity index (χ3v) is 3.02. The molecule has 4 heteroatoms. The first-order chi connectivity index (χ1) is 8.49. The average Bonchev–Trinajstić information content (AvgIpc) is 2.34. The summed E-state index contributed by atoms with van der Waals surface area (Å²) in [5.74, 6) is -0.569. The normalized spacial score (nSPS) is 15.3. The van der Waals surface area contributed by atoms with E-state index in [1.54, 1.807) is 0 Å². The molecular weight excluding hydrogens is 250 g/mol. The summed E-state index contributed by atoms with van der Waals surface area (Å²) < 4.78 is 0. The summed E-state index contributed by atoms with van der Waals surface area (Å²) in [5.41, 5.74) is 2.14. The Balaban J connectivity index is 2.35. The average molecular weight is 262 g/mol. The lowest BCUT2D eigenvalue weighted by molar-refractivity contribution is -0.113. The van der Waals surface area contributed by atoms with Crippen molar-refractivity contribution < 1.29 is 9.59 Å². The first-order valence-corrected chi connectivity index (χ1v) is 5.82. The highest BCUT2D eigenvalue weighted by Gasteiger charge is 2.19. The summed E-state index contributed by atoms with van der Waals surface area (Å²) in [5, 5.41) is -0.0336. The minimum atomic E-state index is -0.331. The standard InChI is InChI=1S/C14H12ClNO2/c1-16(2)10-5-3-9(4-6-10)11-7-14(18)12(15)8-13(11)17/h3-8H,1-2H3. The highest BCUT2D eigenvalue weighted by molar-refractivity contribution is 6.50. The van der Waals surface area contributed by atoms with Crippen molar-refractivity contribution in [2.45, 2.75) is 0 Å². The number of rotatable bonds is 2. The number of hydrogen-bond acceptors (Lipinski definition) is 3. The van der Waals surface area contributed by atoms with Crippen LogP contribution in [0.3, 0.4) is 0 Å². The van der Waals surface area contributed by atoms with Crippen molar-refractivity contribution in [3.63, 3.8) is 0 Å². The quantitative estimate of drug-likeness (QED) is 0.768. The Labute approximate surface area is 110 Å². The molecule has 1 aromatic rings. The largest absolute Gasteiger partial charge is 0.378 e. The van der Waals surface area contributed by atoms with E-state index >= 15 is 0 Å². The van der Waals surface area contributed by atoms with Gasteiger partial charge in [-0.25, -0.2) is 0 Å². The van der Waals surface area contributed by atoms with E-state index in [9.17, 15) is 9.59 Å². The number of nitrogens with zero attached hydrogens (tertiary/aromatic N) is 1. The third kappa shape index (κ3) is 2.36. The van der Waals surface area contributed by atoms with E-state index in [1.165, 1.54) is 12.2 Å². The number of halogens is 1. The number of ketones is 2. The van der Waals surface area contributed by atoms with E-state index in [4.69, 9.17) is 11.6 Å². The molecule has 2 rings (SSSR count). The minimum absolute atomic E-state index is 0.0336. The van der Waals surface area contributed by atoms with Crippen LogP contribution in [0.25, 0.3) is 5.57 Å². The van der Waals surface area contributed by atoms with Gasteiger partial charge in [0.15, 0.2) is 11.6 Å². The Kier molecular flexibility index (Phi) is 3.34. The molecule has 0 amide bonds. The molecule has 0 atom stereocenters. The molecule has 0 heterocycles. The van der Waals surface area contributed by atoms with E-state index in [-0.39, 0.29) is 16.6 Å². The van der Waals surface area contributed by atoms with Gasteiger partial charge in [-0.1, -0.05) is 23.7 Å². The number of carbonyl (C=O) groups excluding carboxylic acids is 2. The Bertz CT molecular complexity index is 568. The second-order valence-corrected chi connectivity index (χ2v) is 4.63. The number of benzene rings is 1. The molecule has 18 heavy (non-hydrogen) atoms. The molecule has 0 saturated heterocycles. The Morgan fingerprint density at radius 1 is 0.944 bits per heavy atom. The predicted octanol–water partition coefficient (Wildman–Crippen LogP) is 2.41. The number of allylic oxidation sites excluding steroid dienone is 4. The van der Waals surface area contributed by atoms with E-state index < -0.39 is 0 Å². The topological polar surface area (TPSA) is 37.4 Å². The van der Waals surface area contributed by atoms with Crippen LogP contribution in [0.2, 0.25) is 0 Å². The fourth-order valence-electron chi connectivity index (χ4n) is 1.70. The van der Waals surface area contributed by atoms with Crippen LogP contribution in [0.5, 0.6) is 0 Å². The lowest BCUT2D eigenvalue weighted by Crippen LogP contribution is -2.11. The smallest absolute Gasteiger partial charge is 0.198 e. The van der Waals surface area contributed by atoms with Gasteiger partial charge in [0.05, 0.1) is 5.03 Å². The van der Waals surface area contributed by atoms with E-state index in [0.717, 1.165) is 11.3 Å². The second kappa shape index (κ2) is 4.78. The molecule has 0 unspecified atom stereocenters. The van der Waals surface area contributed by atoms with Gasteiger partial charge in [0.2, 0.25) is 0 Å². The fourth-order valence-corrected chi connectivity index (χ4v) is 1.85. The van der Waals surface area contributed by atoms with Gasteiger partial charge in [-0.3, -0.25) is 9.59 Å². The van der Waals surface area contributed by atoms with Crippen LogP contribution >= 0.6 is 11.6 Å². The van der Waals surface area contributed by atoms with Crippen LogP contribution < -0.4 is 4.90 Å². The highest BCUT2D eigenvalue weighted by Crippen LogP contribution is 2.24. The van der Waals surface area contributed by atoms with Gasteiger partial charge in [-0.15, -0.1) is 0 Å². The highest BCUT2D eigenvalue weighted by atomic mass is 35.5. The van der Waals surface area contributed by atoms with Gasteiger partial charge in [0.25, 0.3) is 0 Å². The summed E-state index contributed by atoms with van der Waals surface area (Å²) >= 11 is 5.62. The van der Waals surface area contributed by atoms with Crippen molar-refractivity contribution in [3.05, 3.63) is 47.0 Å². The fraction of sp³-hybridized carbons (Fsp3) is 0.143. The molecule has 0 bridgehead atoms. The lowest BCUT2D eigenvalue weighted by Gasteiger charge is -2.14. The molecule has 92 valence electrons. The summed E-state index contributed by atoms with van der Waals surface area (Å²) in [6.45, 7) is 0. The van der Waals surface area contributed by atoms with Gasteiger partial charge < -0.3 is 4.90 Å².